The van der Waals surface area contributed by atoms with Gasteiger partial charge in [-0.05, 0) is 34.7 Å². The predicted octanol–water partition coefficient (Wildman–Crippen LogP) is 0.469. The number of nitrogens with zero attached hydrogens (tertiary/aromatic N) is 4. The number of benzene rings is 1. The van der Waals surface area contributed by atoms with Gasteiger partial charge in [0.15, 0.2) is 0 Å². The van der Waals surface area contributed by atoms with E-state index in [1.165, 1.54) is 11.0 Å². The highest BCUT2D eigenvalue weighted by atomic mass is 16.2. The molecule has 0 aliphatic rings. The van der Waals surface area contributed by atoms with Crippen molar-refractivity contribution in [3.05, 3.63) is 36.2 Å². The SMILES string of the molecule is CC(C)(C)C(=O)NNC(=O)c1ccc(-n2cnnn2)cc1. The third-order valence-electron chi connectivity index (χ3n) is 2.71. The molecule has 1 heterocycles. The number of aromatic nitrogens is 4. The first kappa shape index (κ1) is 14.6. The Kier molecular flexibility index (Phi) is 3.97. The molecule has 0 fully saturated rings. The van der Waals surface area contributed by atoms with Crippen molar-refractivity contribution in [2.24, 2.45) is 5.41 Å². The molecule has 0 radical (unpaired) electrons. The standard InChI is InChI=1S/C13H16N6O2/c1-13(2,3)12(21)16-15-11(20)9-4-6-10(7-5-9)19-8-14-17-18-19/h4-8H,1-3H3,(H,15,20)(H,16,21). The molecule has 0 atom stereocenters. The van der Waals surface area contributed by atoms with Crippen LogP contribution in [0.2, 0.25) is 0 Å². The summed E-state index contributed by atoms with van der Waals surface area (Å²) in [6, 6.07) is 6.65. The molecule has 2 rings (SSSR count). The van der Waals surface area contributed by atoms with Crippen molar-refractivity contribution in [1.29, 1.82) is 0 Å². The lowest BCUT2D eigenvalue weighted by Gasteiger charge is -2.17. The summed E-state index contributed by atoms with van der Waals surface area (Å²) >= 11 is 0. The molecule has 0 aliphatic heterocycles. The molecule has 2 N–H and O–H groups in total. The van der Waals surface area contributed by atoms with Crippen LogP contribution in [0.3, 0.4) is 0 Å². The van der Waals surface area contributed by atoms with Gasteiger partial charge in [-0.1, -0.05) is 20.8 Å². The minimum absolute atomic E-state index is 0.263. The minimum Gasteiger partial charge on any atom is -0.273 e. The first-order valence-corrected chi connectivity index (χ1v) is 6.32. The van der Waals surface area contributed by atoms with Crippen LogP contribution in [0.4, 0.5) is 0 Å². The highest BCUT2D eigenvalue weighted by Crippen LogP contribution is 2.12. The summed E-state index contributed by atoms with van der Waals surface area (Å²) in [5.41, 5.74) is 5.34. The summed E-state index contributed by atoms with van der Waals surface area (Å²) < 4.78 is 1.48. The van der Waals surface area contributed by atoms with E-state index >= 15 is 0 Å². The van der Waals surface area contributed by atoms with Crippen LogP contribution < -0.4 is 10.9 Å². The summed E-state index contributed by atoms with van der Waals surface area (Å²) in [6.45, 7) is 5.28. The fourth-order valence-corrected chi connectivity index (χ4v) is 1.42. The maximum absolute atomic E-state index is 11.9. The summed E-state index contributed by atoms with van der Waals surface area (Å²) in [5.74, 6) is -0.656. The van der Waals surface area contributed by atoms with Gasteiger partial charge in [0.2, 0.25) is 5.91 Å². The van der Waals surface area contributed by atoms with Crippen molar-refractivity contribution in [2.75, 3.05) is 0 Å². The van der Waals surface area contributed by atoms with Crippen LogP contribution in [-0.4, -0.2) is 32.0 Å². The van der Waals surface area contributed by atoms with Gasteiger partial charge >= 0.3 is 0 Å². The van der Waals surface area contributed by atoms with E-state index in [2.05, 4.69) is 26.4 Å². The van der Waals surface area contributed by atoms with Crippen LogP contribution in [0, 0.1) is 5.41 Å². The van der Waals surface area contributed by atoms with Gasteiger partial charge in [-0.3, -0.25) is 20.4 Å². The van der Waals surface area contributed by atoms with E-state index in [0.29, 0.717) is 5.56 Å². The monoisotopic (exact) mass is 288 g/mol. The van der Waals surface area contributed by atoms with Crippen molar-refractivity contribution in [3.8, 4) is 5.69 Å². The molecule has 2 aromatic rings. The summed E-state index contributed by atoms with van der Waals surface area (Å²) in [4.78, 5) is 23.6. The Balaban J connectivity index is 1.99. The fraction of sp³-hybridized carbons (Fsp3) is 0.308. The Bertz CT molecular complexity index is 628. The second-order valence-corrected chi connectivity index (χ2v) is 5.46. The van der Waals surface area contributed by atoms with Crippen LogP contribution in [-0.2, 0) is 4.79 Å². The van der Waals surface area contributed by atoms with E-state index in [4.69, 9.17) is 0 Å². The number of rotatable bonds is 2. The van der Waals surface area contributed by atoms with Crippen LogP contribution in [0.1, 0.15) is 31.1 Å². The van der Waals surface area contributed by atoms with Gasteiger partial charge in [0.1, 0.15) is 6.33 Å². The Morgan fingerprint density at radius 3 is 2.29 bits per heavy atom. The van der Waals surface area contributed by atoms with E-state index in [1.54, 1.807) is 45.0 Å². The topological polar surface area (TPSA) is 102 Å². The normalized spacial score (nSPS) is 11.0. The van der Waals surface area contributed by atoms with Crippen LogP contribution >= 0.6 is 0 Å². The predicted molar refractivity (Wildman–Crippen MR) is 74.2 cm³/mol. The van der Waals surface area contributed by atoms with Crippen LogP contribution in [0.15, 0.2) is 30.6 Å². The second-order valence-electron chi connectivity index (χ2n) is 5.46. The average molecular weight is 288 g/mol. The molecule has 1 aromatic carbocycles. The number of tetrazole rings is 1. The van der Waals surface area contributed by atoms with Gasteiger partial charge in [-0.2, -0.15) is 0 Å². The third kappa shape index (κ3) is 3.62. The van der Waals surface area contributed by atoms with Crippen molar-refractivity contribution >= 4 is 11.8 Å². The molecule has 0 bridgehead atoms. The van der Waals surface area contributed by atoms with Crippen molar-refractivity contribution in [2.45, 2.75) is 20.8 Å². The highest BCUT2D eigenvalue weighted by Gasteiger charge is 2.21. The zero-order valence-corrected chi connectivity index (χ0v) is 12.0. The van der Waals surface area contributed by atoms with E-state index in [9.17, 15) is 9.59 Å². The molecular weight excluding hydrogens is 272 g/mol. The number of carbonyl (C=O) groups is 2. The van der Waals surface area contributed by atoms with E-state index in [-0.39, 0.29) is 5.91 Å². The smallest absolute Gasteiger partial charge is 0.269 e. The zero-order chi connectivity index (χ0) is 15.5. The fourth-order valence-electron chi connectivity index (χ4n) is 1.42. The Morgan fingerprint density at radius 1 is 1.10 bits per heavy atom. The Morgan fingerprint density at radius 2 is 1.76 bits per heavy atom. The first-order valence-electron chi connectivity index (χ1n) is 6.32. The van der Waals surface area contributed by atoms with Crippen LogP contribution in [0.5, 0.6) is 0 Å². The summed E-state index contributed by atoms with van der Waals surface area (Å²) in [7, 11) is 0. The minimum atomic E-state index is -0.572. The zero-order valence-electron chi connectivity index (χ0n) is 12.0. The van der Waals surface area contributed by atoms with Crippen molar-refractivity contribution < 1.29 is 9.59 Å². The number of amides is 2. The van der Waals surface area contributed by atoms with Crippen LogP contribution in [0.25, 0.3) is 5.69 Å². The van der Waals surface area contributed by atoms with Crippen molar-refractivity contribution in [3.63, 3.8) is 0 Å². The average Bonchev–Trinajstić information content (AvgIpc) is 2.97. The highest BCUT2D eigenvalue weighted by molar-refractivity contribution is 5.95. The molecule has 8 nitrogen and oxygen atoms in total. The first-order chi connectivity index (χ1) is 9.88. The lowest BCUT2D eigenvalue weighted by Crippen LogP contribution is -2.46. The molecule has 0 saturated heterocycles. The lowest BCUT2D eigenvalue weighted by atomic mass is 9.96. The molecule has 110 valence electrons. The van der Waals surface area contributed by atoms with Gasteiger partial charge in [0.05, 0.1) is 5.69 Å². The molecule has 0 aliphatic carbocycles. The number of hydrogen-bond acceptors (Lipinski definition) is 5. The molecule has 0 spiro atoms. The number of nitrogens with one attached hydrogen (secondary N) is 2. The van der Waals surface area contributed by atoms with Gasteiger partial charge in [-0.15, -0.1) is 5.10 Å². The van der Waals surface area contributed by atoms with E-state index in [0.717, 1.165) is 5.69 Å². The molecule has 21 heavy (non-hydrogen) atoms. The number of hydrazine groups is 1. The summed E-state index contributed by atoms with van der Waals surface area (Å²) in [6.07, 6.45) is 1.46. The molecular formula is C13H16N6O2. The van der Waals surface area contributed by atoms with Gasteiger partial charge < -0.3 is 0 Å². The lowest BCUT2D eigenvalue weighted by molar-refractivity contribution is -0.129. The second kappa shape index (κ2) is 5.70. The van der Waals surface area contributed by atoms with E-state index < -0.39 is 11.3 Å². The maximum atomic E-state index is 11.9. The van der Waals surface area contributed by atoms with Gasteiger partial charge in [0.25, 0.3) is 5.91 Å². The van der Waals surface area contributed by atoms with E-state index in [1.807, 2.05) is 0 Å². The summed E-state index contributed by atoms with van der Waals surface area (Å²) in [5, 5.41) is 10.8. The third-order valence-corrected chi connectivity index (χ3v) is 2.71. The number of hydrogen-bond donors (Lipinski definition) is 2. The number of carbonyl (C=O) groups excluding carboxylic acids is 2. The quantitative estimate of drug-likeness (QED) is 0.782. The molecule has 1 aromatic heterocycles. The Labute approximate surface area is 121 Å². The van der Waals surface area contributed by atoms with Crippen molar-refractivity contribution in [1.82, 2.24) is 31.1 Å². The van der Waals surface area contributed by atoms with Gasteiger partial charge in [-0.25, -0.2) is 4.68 Å². The molecule has 2 amide bonds. The molecule has 8 heteroatoms. The maximum Gasteiger partial charge on any atom is 0.269 e. The Hall–Kier alpha value is -2.77. The molecule has 0 unspecified atom stereocenters. The molecule has 0 saturated carbocycles. The van der Waals surface area contributed by atoms with Gasteiger partial charge in [0, 0.05) is 11.0 Å². The largest absolute Gasteiger partial charge is 0.273 e.